The Labute approximate surface area is 114 Å². The molecule has 0 aliphatic heterocycles. The second kappa shape index (κ2) is 5.59. The van der Waals surface area contributed by atoms with Gasteiger partial charge in [0, 0.05) is 19.5 Å². The second-order valence-corrected chi connectivity index (χ2v) is 5.99. The summed E-state index contributed by atoms with van der Waals surface area (Å²) in [7, 11) is 1.74. The zero-order chi connectivity index (χ0) is 14.8. The summed E-state index contributed by atoms with van der Waals surface area (Å²) >= 11 is 0. The number of nitrogens with one attached hydrogen (secondary N) is 1. The first-order valence-electron chi connectivity index (χ1n) is 6.64. The molecule has 6 nitrogen and oxygen atoms in total. The van der Waals surface area contributed by atoms with Crippen molar-refractivity contribution in [2.75, 3.05) is 11.9 Å². The molecule has 0 spiro atoms. The van der Waals surface area contributed by atoms with E-state index < -0.39 is 0 Å². The lowest BCUT2D eigenvalue weighted by Gasteiger charge is -2.23. The van der Waals surface area contributed by atoms with Crippen molar-refractivity contribution in [3.8, 4) is 0 Å². The average molecular weight is 268 g/mol. The Morgan fingerprint density at radius 1 is 1.47 bits per heavy atom. The van der Waals surface area contributed by atoms with Crippen LogP contribution in [-0.2, 0) is 7.05 Å². The lowest BCUT2D eigenvalue weighted by atomic mass is 9.90. The Kier molecular flexibility index (Phi) is 4.55. The van der Waals surface area contributed by atoms with E-state index in [0.717, 1.165) is 6.42 Å². The predicted octanol–water partition coefficient (Wildman–Crippen LogP) is 3.30. The van der Waals surface area contributed by atoms with Gasteiger partial charge in [-0.25, -0.2) is 4.68 Å². The maximum absolute atomic E-state index is 11.3. The van der Waals surface area contributed by atoms with Crippen molar-refractivity contribution in [1.82, 2.24) is 9.78 Å². The number of anilines is 1. The second-order valence-electron chi connectivity index (χ2n) is 5.99. The van der Waals surface area contributed by atoms with Crippen molar-refractivity contribution in [2.45, 2.75) is 47.0 Å². The first-order chi connectivity index (χ1) is 8.69. The fourth-order valence-electron chi connectivity index (χ4n) is 1.75. The molecular weight excluding hydrogens is 244 g/mol. The number of aromatic nitrogens is 2. The Balaban J connectivity index is 3.10. The van der Waals surface area contributed by atoms with Crippen LogP contribution < -0.4 is 5.32 Å². The molecule has 1 aromatic heterocycles. The quantitative estimate of drug-likeness (QED) is 0.634. The third-order valence-corrected chi connectivity index (χ3v) is 3.47. The number of hydrogen-bond acceptors (Lipinski definition) is 4. The van der Waals surface area contributed by atoms with E-state index in [-0.39, 0.29) is 21.9 Å². The Hall–Kier alpha value is -1.59. The van der Waals surface area contributed by atoms with Crippen LogP contribution in [-0.4, -0.2) is 21.2 Å². The van der Waals surface area contributed by atoms with Crippen molar-refractivity contribution < 1.29 is 4.92 Å². The third kappa shape index (κ3) is 3.45. The normalized spacial score (nSPS) is 11.9. The van der Waals surface area contributed by atoms with Gasteiger partial charge in [0.15, 0.2) is 0 Å². The molecule has 1 aromatic rings. The molecule has 0 aromatic carbocycles. The summed E-state index contributed by atoms with van der Waals surface area (Å²) in [6, 6.07) is 0. The smallest absolute Gasteiger partial charge is 0.334 e. The van der Waals surface area contributed by atoms with E-state index in [2.05, 4.69) is 31.2 Å². The van der Waals surface area contributed by atoms with E-state index in [4.69, 9.17) is 0 Å². The van der Waals surface area contributed by atoms with Crippen LogP contribution in [0.5, 0.6) is 0 Å². The van der Waals surface area contributed by atoms with Crippen molar-refractivity contribution in [2.24, 2.45) is 12.5 Å². The zero-order valence-electron chi connectivity index (χ0n) is 12.6. The lowest BCUT2D eigenvalue weighted by molar-refractivity contribution is -0.384. The number of rotatable bonds is 6. The molecule has 19 heavy (non-hydrogen) atoms. The summed E-state index contributed by atoms with van der Waals surface area (Å²) in [6.07, 6.45) is 1.00. The van der Waals surface area contributed by atoms with Gasteiger partial charge in [0.25, 0.3) is 0 Å². The van der Waals surface area contributed by atoms with Crippen molar-refractivity contribution >= 4 is 11.5 Å². The van der Waals surface area contributed by atoms with Gasteiger partial charge in [-0.2, -0.15) is 5.10 Å². The highest BCUT2D eigenvalue weighted by Gasteiger charge is 2.29. The molecule has 0 aliphatic carbocycles. The van der Waals surface area contributed by atoms with Crippen molar-refractivity contribution in [3.63, 3.8) is 0 Å². The van der Waals surface area contributed by atoms with E-state index in [1.807, 2.05) is 13.8 Å². The molecule has 0 saturated carbocycles. The molecule has 108 valence electrons. The van der Waals surface area contributed by atoms with Crippen molar-refractivity contribution in [3.05, 3.63) is 15.8 Å². The maximum Gasteiger partial charge on any atom is 0.334 e. The van der Waals surface area contributed by atoms with E-state index in [1.54, 1.807) is 11.7 Å². The molecule has 1 N–H and O–H groups in total. The highest BCUT2D eigenvalue weighted by molar-refractivity contribution is 5.60. The van der Waals surface area contributed by atoms with Crippen LogP contribution in [0.4, 0.5) is 11.5 Å². The van der Waals surface area contributed by atoms with Crippen LogP contribution in [0.1, 0.15) is 52.7 Å². The fourth-order valence-corrected chi connectivity index (χ4v) is 1.75. The van der Waals surface area contributed by atoms with E-state index in [1.165, 1.54) is 0 Å². The SMILES string of the molecule is CCC(C)(C)CNc1c([N+](=O)[O-])c(C(C)C)nn1C. The summed E-state index contributed by atoms with van der Waals surface area (Å²) in [5.74, 6) is 0.525. The molecule has 6 heteroatoms. The van der Waals surface area contributed by atoms with Gasteiger partial charge in [0.05, 0.1) is 4.92 Å². The first-order valence-corrected chi connectivity index (χ1v) is 6.64. The molecule has 0 atom stereocenters. The van der Waals surface area contributed by atoms with Crippen LogP contribution in [0.15, 0.2) is 0 Å². The fraction of sp³-hybridized carbons (Fsp3) is 0.769. The molecule has 0 fully saturated rings. The van der Waals surface area contributed by atoms with Gasteiger partial charge in [0.2, 0.25) is 5.82 Å². The van der Waals surface area contributed by atoms with Gasteiger partial charge < -0.3 is 5.32 Å². The van der Waals surface area contributed by atoms with Crippen LogP contribution in [0, 0.1) is 15.5 Å². The first kappa shape index (κ1) is 15.5. The highest BCUT2D eigenvalue weighted by Crippen LogP contribution is 2.33. The summed E-state index contributed by atoms with van der Waals surface area (Å²) < 4.78 is 1.57. The number of nitrogens with zero attached hydrogens (tertiary/aromatic N) is 3. The Morgan fingerprint density at radius 3 is 2.47 bits per heavy atom. The van der Waals surface area contributed by atoms with E-state index >= 15 is 0 Å². The molecule has 0 unspecified atom stereocenters. The molecular formula is C13H24N4O2. The van der Waals surface area contributed by atoms with Crippen LogP contribution in [0.2, 0.25) is 0 Å². The number of hydrogen-bond donors (Lipinski definition) is 1. The van der Waals surface area contributed by atoms with Gasteiger partial charge in [-0.3, -0.25) is 10.1 Å². The third-order valence-electron chi connectivity index (χ3n) is 3.47. The largest absolute Gasteiger partial charge is 0.364 e. The number of aryl methyl sites for hydroxylation is 1. The van der Waals surface area contributed by atoms with Crippen LogP contribution in [0.3, 0.4) is 0 Å². The molecule has 0 radical (unpaired) electrons. The van der Waals surface area contributed by atoms with Gasteiger partial charge in [-0.05, 0) is 11.8 Å². The monoisotopic (exact) mass is 268 g/mol. The predicted molar refractivity (Wildman–Crippen MR) is 76.5 cm³/mol. The molecule has 0 saturated heterocycles. The molecule has 0 bridgehead atoms. The lowest BCUT2D eigenvalue weighted by Crippen LogP contribution is -2.23. The van der Waals surface area contributed by atoms with Crippen molar-refractivity contribution in [1.29, 1.82) is 0 Å². The molecule has 0 amide bonds. The minimum atomic E-state index is -0.344. The van der Waals surface area contributed by atoms with Gasteiger partial charge in [0.1, 0.15) is 5.69 Å². The molecule has 1 rings (SSSR count). The molecule has 0 aliphatic rings. The molecule has 1 heterocycles. The number of nitro groups is 1. The van der Waals surface area contributed by atoms with Gasteiger partial charge in [-0.1, -0.05) is 34.6 Å². The summed E-state index contributed by atoms with van der Waals surface area (Å²) in [6.45, 7) is 10.9. The minimum absolute atomic E-state index is 0.0290. The van der Waals surface area contributed by atoms with Gasteiger partial charge >= 0.3 is 5.69 Å². The Morgan fingerprint density at radius 2 is 2.05 bits per heavy atom. The zero-order valence-corrected chi connectivity index (χ0v) is 12.6. The summed E-state index contributed by atoms with van der Waals surface area (Å²) in [5.41, 5.74) is 0.726. The van der Waals surface area contributed by atoms with E-state index in [9.17, 15) is 10.1 Å². The van der Waals surface area contributed by atoms with Gasteiger partial charge in [-0.15, -0.1) is 0 Å². The van der Waals surface area contributed by atoms with E-state index in [0.29, 0.717) is 18.1 Å². The maximum atomic E-state index is 11.3. The van der Waals surface area contributed by atoms with Crippen LogP contribution >= 0.6 is 0 Å². The van der Waals surface area contributed by atoms with Crippen LogP contribution in [0.25, 0.3) is 0 Å². The average Bonchev–Trinajstić information content (AvgIpc) is 2.64. The standard InChI is InChI=1S/C13H24N4O2/c1-7-13(4,5)8-14-12-11(17(18)19)10(9(2)3)15-16(12)6/h9,14H,7-8H2,1-6H3. The Bertz CT molecular complexity index is 463. The highest BCUT2D eigenvalue weighted by atomic mass is 16.6. The summed E-state index contributed by atoms with van der Waals surface area (Å²) in [5, 5.41) is 18.7. The minimum Gasteiger partial charge on any atom is -0.364 e. The summed E-state index contributed by atoms with van der Waals surface area (Å²) in [4.78, 5) is 10.9. The topological polar surface area (TPSA) is 73.0 Å².